The van der Waals surface area contributed by atoms with Crippen molar-refractivity contribution >= 4 is 17.6 Å². The Balaban J connectivity index is 2.34. The van der Waals surface area contributed by atoms with Gasteiger partial charge in [-0.15, -0.1) is 0 Å². The van der Waals surface area contributed by atoms with E-state index in [0.29, 0.717) is 0 Å². The zero-order valence-corrected chi connectivity index (χ0v) is 19.8. The molecule has 0 aliphatic carbocycles. The fourth-order valence-corrected chi connectivity index (χ4v) is 3.99. The van der Waals surface area contributed by atoms with Crippen molar-refractivity contribution in [3.05, 3.63) is 82.1 Å². The second-order valence-corrected chi connectivity index (χ2v) is 7.70. The Hall–Kier alpha value is -4.17. The standard InChI is InChI=1S/C25H23F3N4O4/c1-4-35-23(33)19-14(3)32(17-8-6-7-16(11-17)25(26,27)28)22(30)21(24(34)36-5-2)20(19)18-10-9-15(12-29)13-31-18/h6-11,13,20H,4-5,30H2,1-3H3/p+1. The summed E-state index contributed by atoms with van der Waals surface area (Å²) in [5.41, 5.74) is 3.74. The third kappa shape index (κ3) is 5.08. The summed E-state index contributed by atoms with van der Waals surface area (Å²) >= 11 is 0. The molecule has 1 aliphatic heterocycles. The highest BCUT2D eigenvalue weighted by Gasteiger charge is 2.44. The topological polar surface area (TPSA) is 120 Å². The van der Waals surface area contributed by atoms with Crippen LogP contribution >= 0.6 is 0 Å². The first-order valence-electron chi connectivity index (χ1n) is 11.0. The highest BCUT2D eigenvalue weighted by Crippen LogP contribution is 2.43. The molecule has 2 aromatic rings. The van der Waals surface area contributed by atoms with E-state index in [0.717, 1.165) is 12.1 Å². The van der Waals surface area contributed by atoms with Crippen LogP contribution in [0.4, 0.5) is 18.9 Å². The lowest BCUT2D eigenvalue weighted by Gasteiger charge is -2.34. The van der Waals surface area contributed by atoms with Crippen molar-refractivity contribution < 1.29 is 38.0 Å². The van der Waals surface area contributed by atoms with Gasteiger partial charge in [0.25, 0.3) is 0 Å². The number of nitriles is 1. The van der Waals surface area contributed by atoms with Crippen molar-refractivity contribution in [3.63, 3.8) is 0 Å². The van der Waals surface area contributed by atoms with Gasteiger partial charge in [-0.1, -0.05) is 6.07 Å². The third-order valence-electron chi connectivity index (χ3n) is 5.52. The zero-order chi connectivity index (χ0) is 26.6. The van der Waals surface area contributed by atoms with Crippen molar-refractivity contribution in [2.24, 2.45) is 0 Å². The molecule has 8 nitrogen and oxygen atoms in total. The minimum atomic E-state index is -4.61. The average molecular weight is 501 g/mol. The molecule has 0 bridgehead atoms. The molecule has 188 valence electrons. The van der Waals surface area contributed by atoms with Gasteiger partial charge in [0.2, 0.25) is 5.82 Å². The number of allylic oxidation sites excluding steroid dienone is 1. The molecule has 0 spiro atoms. The van der Waals surface area contributed by atoms with Crippen LogP contribution in [0.2, 0.25) is 0 Å². The monoisotopic (exact) mass is 501 g/mol. The van der Waals surface area contributed by atoms with E-state index in [1.165, 1.54) is 42.3 Å². The number of pyridine rings is 1. The number of quaternary nitrogens is 1. The molecule has 1 aromatic heterocycles. The molecule has 0 amide bonds. The van der Waals surface area contributed by atoms with Gasteiger partial charge < -0.3 is 15.2 Å². The van der Waals surface area contributed by atoms with Crippen LogP contribution in [-0.2, 0) is 25.2 Å². The van der Waals surface area contributed by atoms with Crippen LogP contribution in [0.1, 0.15) is 43.5 Å². The van der Waals surface area contributed by atoms with Crippen molar-refractivity contribution in [3.8, 4) is 6.07 Å². The van der Waals surface area contributed by atoms with E-state index in [1.807, 2.05) is 6.07 Å². The molecule has 0 saturated heterocycles. The average Bonchev–Trinajstić information content (AvgIpc) is 2.83. The highest BCUT2D eigenvalue weighted by atomic mass is 19.4. The first-order valence-corrected chi connectivity index (χ1v) is 11.0. The van der Waals surface area contributed by atoms with E-state index in [2.05, 4.69) is 10.7 Å². The normalized spacial score (nSPS) is 16.1. The van der Waals surface area contributed by atoms with Gasteiger partial charge in [0.15, 0.2) is 0 Å². The molecule has 0 saturated carbocycles. The maximum atomic E-state index is 13.4. The highest BCUT2D eigenvalue weighted by molar-refractivity contribution is 6.01. The number of ether oxygens (including phenoxy) is 2. The number of hydrogen-bond donors (Lipinski definition) is 1. The van der Waals surface area contributed by atoms with Crippen LogP contribution in [0.15, 0.2) is 65.3 Å². The van der Waals surface area contributed by atoms with Crippen molar-refractivity contribution in [1.29, 1.82) is 5.26 Å². The summed E-state index contributed by atoms with van der Waals surface area (Å²) in [6.07, 6.45) is -3.32. The second kappa shape index (κ2) is 10.6. The molecular formula is C25H24F3N4O4+. The number of alkyl halides is 3. The molecule has 1 aliphatic rings. The van der Waals surface area contributed by atoms with E-state index in [9.17, 15) is 22.8 Å². The van der Waals surface area contributed by atoms with E-state index in [1.54, 1.807) is 13.8 Å². The van der Waals surface area contributed by atoms with Gasteiger partial charge in [-0.25, -0.2) is 9.59 Å². The zero-order valence-electron chi connectivity index (χ0n) is 19.8. The molecule has 0 radical (unpaired) electrons. The number of carbonyl (C=O) groups excluding carboxylic acids is 2. The lowest BCUT2D eigenvalue weighted by Crippen LogP contribution is -2.59. The van der Waals surface area contributed by atoms with Gasteiger partial charge >= 0.3 is 18.1 Å². The smallest absolute Gasteiger partial charge is 0.416 e. The number of esters is 2. The number of carbonyl (C=O) groups is 2. The number of halogens is 3. The Morgan fingerprint density at radius 1 is 1.11 bits per heavy atom. The molecule has 3 N–H and O–H groups in total. The van der Waals surface area contributed by atoms with Gasteiger partial charge in [0.1, 0.15) is 11.6 Å². The van der Waals surface area contributed by atoms with Crippen LogP contribution < -0.4 is 10.6 Å². The van der Waals surface area contributed by atoms with Crippen LogP contribution in [0.25, 0.3) is 0 Å². The van der Waals surface area contributed by atoms with E-state index in [-0.39, 0.29) is 52.8 Å². The fraction of sp³-hybridized carbons (Fsp3) is 0.280. The Labute approximate surface area is 205 Å². The molecule has 1 unspecified atom stereocenters. The number of nitrogens with zero attached hydrogens (tertiary/aromatic N) is 3. The van der Waals surface area contributed by atoms with Gasteiger partial charge in [-0.05, 0) is 51.1 Å². The molecule has 3 rings (SSSR count). The van der Waals surface area contributed by atoms with E-state index >= 15 is 0 Å². The molecule has 11 heteroatoms. The molecule has 0 fully saturated rings. The predicted octanol–water partition coefficient (Wildman–Crippen LogP) is 3.43. The van der Waals surface area contributed by atoms with Crippen molar-refractivity contribution in [2.45, 2.75) is 32.9 Å². The number of rotatable bonds is 6. The van der Waals surface area contributed by atoms with Gasteiger partial charge in [-0.2, -0.15) is 18.4 Å². The van der Waals surface area contributed by atoms with Crippen LogP contribution in [0, 0.1) is 11.3 Å². The first kappa shape index (κ1) is 26.4. The van der Waals surface area contributed by atoms with Crippen LogP contribution in [0.5, 0.6) is 0 Å². The maximum absolute atomic E-state index is 13.4. The van der Waals surface area contributed by atoms with E-state index < -0.39 is 29.6 Å². The predicted molar refractivity (Wildman–Crippen MR) is 121 cm³/mol. The number of hydrogen-bond acceptors (Lipinski definition) is 7. The molecule has 1 atom stereocenters. The maximum Gasteiger partial charge on any atom is 0.416 e. The minimum absolute atomic E-state index is 0.00409. The second-order valence-electron chi connectivity index (χ2n) is 7.70. The summed E-state index contributed by atoms with van der Waals surface area (Å²) in [5.74, 6) is -2.66. The largest absolute Gasteiger partial charge is 0.463 e. The van der Waals surface area contributed by atoms with Crippen LogP contribution in [-0.4, -0.2) is 30.1 Å². The Morgan fingerprint density at radius 3 is 2.28 bits per heavy atom. The Bertz CT molecular complexity index is 1240. The number of benzene rings is 1. The number of anilines is 1. The van der Waals surface area contributed by atoms with E-state index in [4.69, 9.17) is 14.7 Å². The van der Waals surface area contributed by atoms with Gasteiger partial charge in [0.05, 0.1) is 47.2 Å². The lowest BCUT2D eigenvalue weighted by atomic mass is 9.82. The molecular weight excluding hydrogens is 477 g/mol. The summed E-state index contributed by atoms with van der Waals surface area (Å²) in [5, 5.41) is 9.13. The summed E-state index contributed by atoms with van der Waals surface area (Å²) in [4.78, 5) is 31.9. The van der Waals surface area contributed by atoms with Crippen molar-refractivity contribution in [1.82, 2.24) is 4.98 Å². The van der Waals surface area contributed by atoms with Crippen molar-refractivity contribution in [2.75, 3.05) is 18.1 Å². The first-order chi connectivity index (χ1) is 17.0. The SMILES string of the molecule is CCOC(=O)C1=C(C)N(c2cccc(C(F)(F)F)c2)C([NH3+])=C(C(=O)OCC)C1c1ccc(C#N)cn1. The Kier molecular flexibility index (Phi) is 7.80. The number of aromatic nitrogens is 1. The van der Waals surface area contributed by atoms with Crippen LogP contribution in [0.3, 0.4) is 0 Å². The third-order valence-corrected chi connectivity index (χ3v) is 5.52. The molecule has 36 heavy (non-hydrogen) atoms. The van der Waals surface area contributed by atoms with Gasteiger partial charge in [-0.3, -0.25) is 9.88 Å². The minimum Gasteiger partial charge on any atom is -0.463 e. The summed E-state index contributed by atoms with van der Waals surface area (Å²) < 4.78 is 50.8. The quantitative estimate of drug-likeness (QED) is 0.602. The Morgan fingerprint density at radius 2 is 1.75 bits per heavy atom. The summed E-state index contributed by atoms with van der Waals surface area (Å²) in [7, 11) is 0. The summed E-state index contributed by atoms with van der Waals surface area (Å²) in [6, 6.07) is 9.37. The molecule has 1 aromatic carbocycles. The molecule has 2 heterocycles. The lowest BCUT2D eigenvalue weighted by molar-refractivity contribution is -0.306. The summed E-state index contributed by atoms with van der Waals surface area (Å²) in [6.45, 7) is 4.74. The fourth-order valence-electron chi connectivity index (χ4n) is 3.99. The van der Waals surface area contributed by atoms with Gasteiger partial charge in [0, 0.05) is 11.9 Å².